The van der Waals surface area contributed by atoms with Crippen LogP contribution in [-0.2, 0) is 34.3 Å². The predicted molar refractivity (Wildman–Crippen MR) is 211 cm³/mol. The Balaban J connectivity index is 1.30. The van der Waals surface area contributed by atoms with Gasteiger partial charge in [-0.2, -0.15) is 0 Å². The van der Waals surface area contributed by atoms with Crippen molar-refractivity contribution in [2.75, 3.05) is 0 Å². The minimum Gasteiger partial charge on any atom is -0.340 e. The maximum atomic E-state index is 15.0. The van der Waals surface area contributed by atoms with Crippen LogP contribution in [0, 0.1) is 0 Å². The molecular weight excluding hydrogens is 675 g/mol. The summed E-state index contributed by atoms with van der Waals surface area (Å²) in [6.45, 7) is 3.86. The Hall–Kier alpha value is -5.26. The molecule has 0 aromatic heterocycles. The molecule has 0 aliphatic carbocycles. The van der Waals surface area contributed by atoms with E-state index in [0.29, 0.717) is 0 Å². The third-order valence-electron chi connectivity index (χ3n) is 11.0. The molecule has 258 valence electrons. The van der Waals surface area contributed by atoms with Crippen LogP contribution in [0.25, 0.3) is 43.1 Å². The summed E-state index contributed by atoms with van der Waals surface area (Å²) in [4.78, 5) is 0. The molecule has 53 heavy (non-hydrogen) atoms. The van der Waals surface area contributed by atoms with E-state index in [1.165, 1.54) is 0 Å². The number of fused-ring (bicyclic) bond motifs is 5. The summed E-state index contributed by atoms with van der Waals surface area (Å²) < 4.78 is 43.4. The first-order valence-electron chi connectivity index (χ1n) is 18.0. The average molecular weight is 712 g/mol. The van der Waals surface area contributed by atoms with Crippen LogP contribution in [-0.4, -0.2) is 18.0 Å². The molecule has 8 aromatic carbocycles. The molecule has 0 bridgehead atoms. The van der Waals surface area contributed by atoms with Crippen LogP contribution in [0.1, 0.15) is 36.1 Å². The molecule has 2 aliphatic rings. The molecule has 2 unspecified atom stereocenters. The van der Waals surface area contributed by atoms with E-state index in [4.69, 9.17) is 18.5 Å². The van der Waals surface area contributed by atoms with Gasteiger partial charge in [0.1, 0.15) is 12.2 Å². The quantitative estimate of drug-likeness (QED) is 0.170. The molecule has 5 nitrogen and oxygen atoms in total. The zero-order chi connectivity index (χ0) is 35.8. The zero-order valence-corrected chi connectivity index (χ0v) is 30.2. The van der Waals surface area contributed by atoms with Gasteiger partial charge in [-0.3, -0.25) is 0 Å². The Morgan fingerprint density at radius 2 is 0.660 bits per heavy atom. The van der Waals surface area contributed by atoms with E-state index >= 15 is 4.57 Å². The number of benzene rings is 8. The van der Waals surface area contributed by atoms with Gasteiger partial charge >= 0.3 is 8.25 Å². The van der Waals surface area contributed by atoms with E-state index < -0.39 is 37.5 Å². The Morgan fingerprint density at radius 3 is 0.943 bits per heavy atom. The lowest BCUT2D eigenvalue weighted by atomic mass is 9.71. The van der Waals surface area contributed by atoms with E-state index in [1.54, 1.807) is 0 Å². The average Bonchev–Trinajstić information content (AvgIpc) is 3.48. The van der Waals surface area contributed by atoms with Crippen molar-refractivity contribution in [1.82, 2.24) is 0 Å². The van der Waals surface area contributed by atoms with Crippen LogP contribution in [0.15, 0.2) is 170 Å². The first-order chi connectivity index (χ1) is 25.8. The standard InChI is InChI=1S/C47H36O5P/c1-45(2)49-43-44(50-45)47(41-25-21-33-13-5-9-17-37(33)29-41,42-26-22-34-14-6-10-18-38(34)30-42)52-53(48)51-46(43,39-23-19-31-11-3-7-15-35(31)27-39)40-24-20-32-12-4-8-16-36(32)28-40/h3-30,43-44H,1-2H3/q+1. The maximum Gasteiger partial charge on any atom is 0.700 e. The highest BCUT2D eigenvalue weighted by Gasteiger charge is 2.71. The molecule has 2 fully saturated rings. The molecule has 0 saturated carbocycles. The monoisotopic (exact) mass is 711 g/mol. The van der Waals surface area contributed by atoms with Crippen LogP contribution in [0.3, 0.4) is 0 Å². The number of ether oxygens (including phenoxy) is 2. The summed E-state index contributed by atoms with van der Waals surface area (Å²) in [6, 6.07) is 58.0. The van der Waals surface area contributed by atoms with Gasteiger partial charge in [-0.05, 0) is 103 Å². The fourth-order valence-corrected chi connectivity index (χ4v) is 9.73. The number of hydrogen-bond donors (Lipinski definition) is 0. The topological polar surface area (TPSA) is 54.0 Å². The Kier molecular flexibility index (Phi) is 7.42. The summed E-state index contributed by atoms with van der Waals surface area (Å²) >= 11 is 0. The fraction of sp³-hybridized carbons (Fsp3) is 0.149. The molecular formula is C47H36O5P+. The van der Waals surface area contributed by atoms with E-state index in [2.05, 4.69) is 121 Å². The summed E-state index contributed by atoms with van der Waals surface area (Å²) in [6.07, 6.45) is -1.67. The molecule has 2 heterocycles. The van der Waals surface area contributed by atoms with Gasteiger partial charge in [-0.1, -0.05) is 155 Å². The molecule has 10 rings (SSSR count). The molecule has 0 radical (unpaired) electrons. The second-order valence-electron chi connectivity index (χ2n) is 14.6. The van der Waals surface area contributed by atoms with Crippen molar-refractivity contribution in [2.45, 2.75) is 43.0 Å². The summed E-state index contributed by atoms with van der Waals surface area (Å²) in [7, 11) is -2.83. The molecule has 0 spiro atoms. The van der Waals surface area contributed by atoms with Gasteiger partial charge in [0.05, 0.1) is 0 Å². The molecule has 8 aromatic rings. The Labute approximate surface area is 308 Å². The van der Waals surface area contributed by atoms with E-state index in [9.17, 15) is 0 Å². The second-order valence-corrected chi connectivity index (χ2v) is 15.4. The lowest BCUT2D eigenvalue weighted by Gasteiger charge is -2.39. The maximum absolute atomic E-state index is 15.0. The van der Waals surface area contributed by atoms with Crippen molar-refractivity contribution in [3.05, 3.63) is 192 Å². The fourth-order valence-electron chi connectivity index (χ4n) is 8.60. The second kappa shape index (κ2) is 12.1. The largest absolute Gasteiger partial charge is 0.700 e. The van der Waals surface area contributed by atoms with Crippen molar-refractivity contribution in [3.63, 3.8) is 0 Å². The minimum atomic E-state index is -2.83. The van der Waals surface area contributed by atoms with Crippen molar-refractivity contribution < 1.29 is 23.1 Å². The minimum absolute atomic E-state index is 0.794. The van der Waals surface area contributed by atoms with Gasteiger partial charge in [0.25, 0.3) is 0 Å². The van der Waals surface area contributed by atoms with Crippen molar-refractivity contribution in [2.24, 2.45) is 0 Å². The van der Waals surface area contributed by atoms with Gasteiger partial charge in [0.2, 0.25) is 11.2 Å². The van der Waals surface area contributed by atoms with Gasteiger partial charge in [0, 0.05) is 4.57 Å². The normalized spacial score (nSPS) is 21.1. The van der Waals surface area contributed by atoms with Gasteiger partial charge in [-0.15, -0.1) is 0 Å². The van der Waals surface area contributed by atoms with Crippen molar-refractivity contribution in [3.8, 4) is 0 Å². The third kappa shape index (κ3) is 5.15. The Morgan fingerprint density at radius 1 is 0.396 bits per heavy atom. The number of rotatable bonds is 4. The zero-order valence-electron chi connectivity index (χ0n) is 29.3. The van der Waals surface area contributed by atoms with Gasteiger partial charge in [-0.25, -0.2) is 0 Å². The molecule has 2 saturated heterocycles. The van der Waals surface area contributed by atoms with E-state index in [-0.39, 0.29) is 0 Å². The highest BCUT2D eigenvalue weighted by molar-refractivity contribution is 7.33. The summed E-state index contributed by atoms with van der Waals surface area (Å²) in [5.41, 5.74) is 0.334. The lowest BCUT2D eigenvalue weighted by Crippen LogP contribution is -2.53. The molecule has 0 amide bonds. The van der Waals surface area contributed by atoms with E-state index in [0.717, 1.165) is 65.3 Å². The van der Waals surface area contributed by atoms with E-state index in [1.807, 2.05) is 62.4 Å². The van der Waals surface area contributed by atoms with Crippen molar-refractivity contribution in [1.29, 1.82) is 0 Å². The van der Waals surface area contributed by atoms with Crippen LogP contribution in [0.2, 0.25) is 0 Å². The summed E-state index contributed by atoms with van der Waals surface area (Å²) in [5.74, 6) is -1.07. The molecule has 2 atom stereocenters. The van der Waals surface area contributed by atoms with Crippen LogP contribution in [0.4, 0.5) is 0 Å². The predicted octanol–water partition coefficient (Wildman–Crippen LogP) is 11.7. The third-order valence-corrected chi connectivity index (χ3v) is 11.9. The number of hydrogen-bond acceptors (Lipinski definition) is 5. The van der Waals surface area contributed by atoms with Crippen LogP contribution < -0.4 is 0 Å². The first kappa shape index (κ1) is 32.4. The lowest BCUT2D eigenvalue weighted by molar-refractivity contribution is -0.174. The molecule has 2 aliphatic heterocycles. The van der Waals surface area contributed by atoms with Crippen LogP contribution in [0.5, 0.6) is 0 Å². The highest BCUT2D eigenvalue weighted by Crippen LogP contribution is 2.62. The first-order valence-corrected chi connectivity index (χ1v) is 19.1. The van der Waals surface area contributed by atoms with Gasteiger partial charge < -0.3 is 9.47 Å². The Bertz CT molecular complexity index is 2390. The van der Waals surface area contributed by atoms with Crippen LogP contribution >= 0.6 is 8.25 Å². The smallest absolute Gasteiger partial charge is 0.340 e. The molecule has 6 heteroatoms. The highest BCUT2D eigenvalue weighted by atomic mass is 31.1. The van der Waals surface area contributed by atoms with Crippen molar-refractivity contribution >= 4 is 51.3 Å². The SMILES string of the molecule is CC1(C)OC2C(O1)C(c1ccc3ccccc3c1)(c1ccc3ccccc3c1)O[P+](=O)OC2(c1ccc2ccccc2c1)c1ccc2ccccc2c1. The molecule has 0 N–H and O–H groups in total. The van der Waals surface area contributed by atoms with Gasteiger partial charge in [0.15, 0.2) is 5.79 Å². The summed E-state index contributed by atoms with van der Waals surface area (Å²) in [5, 5.41) is 8.45.